The van der Waals surface area contributed by atoms with Crippen LogP contribution in [0.1, 0.15) is 24.2 Å². The molecule has 20 heavy (non-hydrogen) atoms. The minimum atomic E-state index is -0.959. The summed E-state index contributed by atoms with van der Waals surface area (Å²) in [5, 5.41) is 18.7. The average Bonchev–Trinajstić information content (AvgIpc) is 2.38. The van der Waals surface area contributed by atoms with Gasteiger partial charge in [-0.2, -0.15) is 0 Å². The highest BCUT2D eigenvalue weighted by molar-refractivity contribution is 5.87. The number of nitrogens with zero attached hydrogens (tertiary/aromatic N) is 3. The van der Waals surface area contributed by atoms with Crippen molar-refractivity contribution in [3.63, 3.8) is 0 Å². The maximum Gasteiger partial charge on any atom is 0.337 e. The van der Waals surface area contributed by atoms with Crippen molar-refractivity contribution in [1.29, 1.82) is 0 Å². The normalized spacial score (nSPS) is 17.2. The molecule has 0 aliphatic carbocycles. The molecule has 1 fully saturated rings. The van der Waals surface area contributed by atoms with Gasteiger partial charge in [0, 0.05) is 38.9 Å². The summed E-state index contributed by atoms with van der Waals surface area (Å²) in [6.07, 6.45) is 1.39. The van der Waals surface area contributed by atoms with Crippen LogP contribution >= 0.6 is 0 Å². The third-order valence-corrected chi connectivity index (χ3v) is 3.30. The van der Waals surface area contributed by atoms with Gasteiger partial charge in [0.2, 0.25) is 0 Å². The number of piperazine rings is 1. The molecular formula is C14H21N3O3. The maximum absolute atomic E-state index is 10.8. The van der Waals surface area contributed by atoms with E-state index < -0.39 is 11.6 Å². The first-order valence-electron chi connectivity index (χ1n) is 6.74. The Labute approximate surface area is 118 Å². The summed E-state index contributed by atoms with van der Waals surface area (Å²) < 4.78 is 0. The van der Waals surface area contributed by atoms with E-state index in [9.17, 15) is 9.90 Å². The standard InChI is InChI=1S/C14H21N3O3/c1-14(2,20)10-16-5-7-17(8-6-16)12-4-3-11(9-15-12)13(18)19/h3-4,9,20H,5-8,10H2,1-2H3,(H,18,19). The number of carbonyl (C=O) groups is 1. The Morgan fingerprint density at radius 1 is 1.30 bits per heavy atom. The summed E-state index contributed by atoms with van der Waals surface area (Å²) in [6, 6.07) is 3.32. The second-order valence-electron chi connectivity index (χ2n) is 5.79. The van der Waals surface area contributed by atoms with Crippen LogP contribution in [-0.2, 0) is 0 Å². The average molecular weight is 279 g/mol. The van der Waals surface area contributed by atoms with Gasteiger partial charge in [-0.05, 0) is 26.0 Å². The summed E-state index contributed by atoms with van der Waals surface area (Å²) in [5.74, 6) is -0.156. The molecule has 0 bridgehead atoms. The van der Waals surface area contributed by atoms with E-state index in [4.69, 9.17) is 5.11 Å². The van der Waals surface area contributed by atoms with E-state index in [-0.39, 0.29) is 5.56 Å². The van der Waals surface area contributed by atoms with Gasteiger partial charge in [0.25, 0.3) is 0 Å². The molecule has 1 aliphatic rings. The number of hydrogen-bond donors (Lipinski definition) is 2. The fraction of sp³-hybridized carbons (Fsp3) is 0.571. The van der Waals surface area contributed by atoms with E-state index in [2.05, 4.69) is 14.8 Å². The van der Waals surface area contributed by atoms with Crippen molar-refractivity contribution in [2.24, 2.45) is 0 Å². The van der Waals surface area contributed by atoms with Crippen LogP contribution in [0.3, 0.4) is 0 Å². The van der Waals surface area contributed by atoms with Crippen LogP contribution in [0, 0.1) is 0 Å². The zero-order valence-electron chi connectivity index (χ0n) is 11.9. The van der Waals surface area contributed by atoms with E-state index in [1.54, 1.807) is 12.1 Å². The third-order valence-electron chi connectivity index (χ3n) is 3.30. The highest BCUT2D eigenvalue weighted by Gasteiger charge is 2.23. The molecule has 1 aliphatic heterocycles. The molecule has 110 valence electrons. The monoisotopic (exact) mass is 279 g/mol. The molecule has 1 saturated heterocycles. The minimum absolute atomic E-state index is 0.203. The second-order valence-corrected chi connectivity index (χ2v) is 5.79. The van der Waals surface area contributed by atoms with Crippen LogP contribution in [0.15, 0.2) is 18.3 Å². The molecular weight excluding hydrogens is 258 g/mol. The fourth-order valence-electron chi connectivity index (χ4n) is 2.38. The second kappa shape index (κ2) is 5.76. The molecule has 1 aromatic rings. The predicted octanol–water partition coefficient (Wildman–Crippen LogP) is 0.673. The van der Waals surface area contributed by atoms with Crippen LogP contribution in [-0.4, -0.2) is 64.4 Å². The molecule has 0 amide bonds. The van der Waals surface area contributed by atoms with Crippen LogP contribution < -0.4 is 4.90 Å². The Hall–Kier alpha value is -1.66. The van der Waals surface area contributed by atoms with Crippen molar-refractivity contribution in [2.75, 3.05) is 37.6 Å². The highest BCUT2D eigenvalue weighted by atomic mass is 16.4. The van der Waals surface area contributed by atoms with Crippen molar-refractivity contribution in [1.82, 2.24) is 9.88 Å². The SMILES string of the molecule is CC(C)(O)CN1CCN(c2ccc(C(=O)O)cn2)CC1. The Bertz CT molecular complexity index is 460. The van der Waals surface area contributed by atoms with Crippen LogP contribution in [0.4, 0.5) is 5.82 Å². The number of pyridine rings is 1. The van der Waals surface area contributed by atoms with Crippen LogP contribution in [0.2, 0.25) is 0 Å². The van der Waals surface area contributed by atoms with E-state index in [1.807, 2.05) is 13.8 Å². The lowest BCUT2D eigenvalue weighted by Gasteiger charge is -2.37. The smallest absolute Gasteiger partial charge is 0.337 e. The van der Waals surface area contributed by atoms with Gasteiger partial charge in [0.15, 0.2) is 0 Å². The predicted molar refractivity (Wildman–Crippen MR) is 76.1 cm³/mol. The number of aliphatic hydroxyl groups is 1. The van der Waals surface area contributed by atoms with E-state index >= 15 is 0 Å². The first-order chi connectivity index (χ1) is 9.35. The van der Waals surface area contributed by atoms with E-state index in [0.29, 0.717) is 6.54 Å². The lowest BCUT2D eigenvalue weighted by atomic mass is 10.1. The molecule has 0 unspecified atom stereocenters. The summed E-state index contributed by atoms with van der Waals surface area (Å²) in [7, 11) is 0. The van der Waals surface area contributed by atoms with Gasteiger partial charge in [0.1, 0.15) is 5.82 Å². The Morgan fingerprint density at radius 2 is 1.95 bits per heavy atom. The van der Waals surface area contributed by atoms with Crippen molar-refractivity contribution in [3.05, 3.63) is 23.9 Å². The molecule has 2 N–H and O–H groups in total. The fourth-order valence-corrected chi connectivity index (χ4v) is 2.38. The lowest BCUT2D eigenvalue weighted by Crippen LogP contribution is -2.50. The topological polar surface area (TPSA) is 76.9 Å². The molecule has 6 nitrogen and oxygen atoms in total. The van der Waals surface area contributed by atoms with Gasteiger partial charge in [0.05, 0.1) is 11.2 Å². The van der Waals surface area contributed by atoms with Gasteiger partial charge < -0.3 is 15.1 Å². The number of rotatable bonds is 4. The van der Waals surface area contributed by atoms with Gasteiger partial charge >= 0.3 is 5.97 Å². The van der Waals surface area contributed by atoms with Crippen molar-refractivity contribution >= 4 is 11.8 Å². The molecule has 0 saturated carbocycles. The molecule has 1 aromatic heterocycles. The van der Waals surface area contributed by atoms with Crippen molar-refractivity contribution in [2.45, 2.75) is 19.4 Å². The number of carboxylic acid groups (broad SMARTS) is 1. The summed E-state index contributed by atoms with van der Waals surface area (Å²) in [4.78, 5) is 19.3. The molecule has 2 heterocycles. The quantitative estimate of drug-likeness (QED) is 0.843. The molecule has 0 radical (unpaired) electrons. The van der Waals surface area contributed by atoms with Crippen molar-refractivity contribution in [3.8, 4) is 0 Å². The Kier molecular flexibility index (Phi) is 4.25. The number of hydrogen-bond acceptors (Lipinski definition) is 5. The molecule has 6 heteroatoms. The minimum Gasteiger partial charge on any atom is -0.478 e. The number of aromatic carboxylic acids is 1. The lowest BCUT2D eigenvalue weighted by molar-refractivity contribution is 0.0344. The van der Waals surface area contributed by atoms with Crippen LogP contribution in [0.25, 0.3) is 0 Å². The summed E-state index contributed by atoms with van der Waals surface area (Å²) >= 11 is 0. The molecule has 0 aromatic carbocycles. The van der Waals surface area contributed by atoms with E-state index in [1.165, 1.54) is 6.20 Å². The number of anilines is 1. The largest absolute Gasteiger partial charge is 0.478 e. The summed E-state index contributed by atoms with van der Waals surface area (Å²) in [6.45, 7) is 7.67. The Balaban J connectivity index is 1.92. The van der Waals surface area contributed by atoms with E-state index in [0.717, 1.165) is 32.0 Å². The van der Waals surface area contributed by atoms with Gasteiger partial charge in [-0.15, -0.1) is 0 Å². The first-order valence-corrected chi connectivity index (χ1v) is 6.74. The first kappa shape index (κ1) is 14.7. The molecule has 0 atom stereocenters. The van der Waals surface area contributed by atoms with Gasteiger partial charge in [-0.3, -0.25) is 4.90 Å². The number of aromatic nitrogens is 1. The van der Waals surface area contributed by atoms with Crippen LogP contribution in [0.5, 0.6) is 0 Å². The Morgan fingerprint density at radius 3 is 2.40 bits per heavy atom. The highest BCUT2D eigenvalue weighted by Crippen LogP contribution is 2.15. The zero-order chi connectivity index (χ0) is 14.8. The van der Waals surface area contributed by atoms with Gasteiger partial charge in [-0.25, -0.2) is 9.78 Å². The zero-order valence-corrected chi connectivity index (χ0v) is 11.9. The third kappa shape index (κ3) is 3.91. The van der Waals surface area contributed by atoms with Gasteiger partial charge in [-0.1, -0.05) is 0 Å². The van der Waals surface area contributed by atoms with Crippen molar-refractivity contribution < 1.29 is 15.0 Å². The molecule has 0 spiro atoms. The number of carboxylic acids is 1. The number of β-amino-alcohol motifs (C(OH)–C–C–N with tert-alkyl or cyclic N) is 1. The molecule has 2 rings (SSSR count). The summed E-state index contributed by atoms with van der Waals surface area (Å²) in [5.41, 5.74) is -0.474. The maximum atomic E-state index is 10.8.